The first kappa shape index (κ1) is 54.4. The van der Waals surface area contributed by atoms with Crippen LogP contribution in [0.25, 0.3) is 0 Å². The fourth-order valence-electron chi connectivity index (χ4n) is 7.38. The van der Waals surface area contributed by atoms with Gasteiger partial charge in [-0.25, -0.2) is 0 Å². The van der Waals surface area contributed by atoms with Gasteiger partial charge in [0.2, 0.25) is 0 Å². The highest BCUT2D eigenvalue weighted by atomic mass is 16.6. The Bertz CT molecular complexity index is 870. The van der Waals surface area contributed by atoms with Crippen LogP contribution >= 0.6 is 0 Å². The third kappa shape index (κ3) is 42.0. The molecule has 6 nitrogen and oxygen atoms in total. The lowest BCUT2D eigenvalue weighted by molar-refractivity contribution is -0.167. The maximum absolute atomic E-state index is 12.8. The molecule has 2 atom stereocenters. The number of carbonyl (C=O) groups excluding carboxylic acids is 3. The zero-order valence-corrected chi connectivity index (χ0v) is 38.4. The Morgan fingerprint density at radius 1 is 0.357 bits per heavy atom. The third-order valence-electron chi connectivity index (χ3n) is 11.5. The molecule has 0 aliphatic heterocycles. The highest BCUT2D eigenvalue weighted by Gasteiger charge is 2.19. The van der Waals surface area contributed by atoms with Gasteiger partial charge in [-0.15, -0.1) is 0 Å². The van der Waals surface area contributed by atoms with Crippen molar-refractivity contribution >= 4 is 17.9 Å². The van der Waals surface area contributed by atoms with Gasteiger partial charge in [0.15, 0.2) is 6.10 Å². The van der Waals surface area contributed by atoms with E-state index in [2.05, 4.69) is 41.5 Å². The predicted molar refractivity (Wildman–Crippen MR) is 238 cm³/mol. The van der Waals surface area contributed by atoms with E-state index >= 15 is 0 Å². The van der Waals surface area contributed by atoms with E-state index in [9.17, 15) is 14.4 Å². The van der Waals surface area contributed by atoms with E-state index in [0.717, 1.165) is 75.5 Å². The van der Waals surface area contributed by atoms with Gasteiger partial charge in [-0.1, -0.05) is 228 Å². The van der Waals surface area contributed by atoms with Gasteiger partial charge in [-0.3, -0.25) is 14.4 Å². The first-order chi connectivity index (χ1) is 27.1. The Labute approximate surface area is 348 Å². The molecular formula is C50H96O6. The fraction of sp³-hybridized carbons (Fsp3) is 0.940. The molecular weight excluding hydrogens is 697 g/mol. The fourth-order valence-corrected chi connectivity index (χ4v) is 7.38. The highest BCUT2D eigenvalue weighted by molar-refractivity contribution is 5.71. The summed E-state index contributed by atoms with van der Waals surface area (Å²) in [5.41, 5.74) is 0. The summed E-state index contributed by atoms with van der Waals surface area (Å²) < 4.78 is 16.7. The molecule has 0 saturated heterocycles. The summed E-state index contributed by atoms with van der Waals surface area (Å²) >= 11 is 0. The first-order valence-corrected chi connectivity index (χ1v) is 24.6. The Kier molecular flexibility index (Phi) is 40.4. The van der Waals surface area contributed by atoms with E-state index in [-0.39, 0.29) is 31.1 Å². The summed E-state index contributed by atoms with van der Waals surface area (Å²) in [6.45, 7) is 13.6. The quantitative estimate of drug-likeness (QED) is 0.0348. The molecule has 0 bridgehead atoms. The van der Waals surface area contributed by atoms with Gasteiger partial charge in [0.1, 0.15) is 13.2 Å². The van der Waals surface area contributed by atoms with Gasteiger partial charge in [0.25, 0.3) is 0 Å². The Balaban J connectivity index is 4.24. The van der Waals surface area contributed by atoms with Gasteiger partial charge in [-0.05, 0) is 37.0 Å². The third-order valence-corrected chi connectivity index (χ3v) is 11.5. The molecule has 0 aromatic heterocycles. The second-order valence-corrected chi connectivity index (χ2v) is 18.3. The van der Waals surface area contributed by atoms with Crippen molar-refractivity contribution in [2.45, 2.75) is 272 Å². The van der Waals surface area contributed by atoms with Crippen molar-refractivity contribution in [3.63, 3.8) is 0 Å². The summed E-state index contributed by atoms with van der Waals surface area (Å²) in [7, 11) is 0. The molecule has 332 valence electrons. The van der Waals surface area contributed by atoms with Crippen LogP contribution in [0.15, 0.2) is 0 Å². The number of esters is 3. The van der Waals surface area contributed by atoms with E-state index in [1.54, 1.807) is 0 Å². The normalized spacial score (nSPS) is 12.6. The van der Waals surface area contributed by atoms with Gasteiger partial charge in [0, 0.05) is 19.3 Å². The minimum absolute atomic E-state index is 0.0671. The number of hydrogen-bond donors (Lipinski definition) is 0. The van der Waals surface area contributed by atoms with Crippen LogP contribution in [-0.2, 0) is 28.6 Å². The average Bonchev–Trinajstić information content (AvgIpc) is 3.16. The molecule has 0 rings (SSSR count). The minimum atomic E-state index is -0.763. The standard InChI is InChI=1S/C50H96O6/c1-7-46(6)38-32-26-21-23-28-34-40-49(52)55-43-47(42-54-48(51)39-33-27-22-20-25-31-37-45(4)5)56-50(53)41-35-29-19-17-15-13-11-9-8-10-12-14-16-18-24-30-36-44(2)3/h44-47H,7-43H2,1-6H3/t46?,47-/m1/s1. The molecule has 56 heavy (non-hydrogen) atoms. The maximum Gasteiger partial charge on any atom is 0.306 e. The minimum Gasteiger partial charge on any atom is -0.462 e. The zero-order valence-electron chi connectivity index (χ0n) is 38.4. The van der Waals surface area contributed by atoms with Crippen molar-refractivity contribution in [3.8, 4) is 0 Å². The van der Waals surface area contributed by atoms with E-state index in [1.165, 1.54) is 148 Å². The Morgan fingerprint density at radius 3 is 0.929 bits per heavy atom. The van der Waals surface area contributed by atoms with Gasteiger partial charge < -0.3 is 14.2 Å². The van der Waals surface area contributed by atoms with Gasteiger partial charge in [0.05, 0.1) is 0 Å². The van der Waals surface area contributed by atoms with Crippen LogP contribution in [0.3, 0.4) is 0 Å². The molecule has 0 saturated carbocycles. The maximum atomic E-state index is 12.8. The number of ether oxygens (including phenoxy) is 3. The lowest BCUT2D eigenvalue weighted by Crippen LogP contribution is -2.30. The number of rotatable bonds is 43. The molecule has 6 heteroatoms. The van der Waals surface area contributed by atoms with Crippen molar-refractivity contribution in [2.24, 2.45) is 17.8 Å². The van der Waals surface area contributed by atoms with E-state index in [0.29, 0.717) is 19.3 Å². The van der Waals surface area contributed by atoms with Crippen LogP contribution in [-0.4, -0.2) is 37.2 Å². The number of carbonyl (C=O) groups is 3. The molecule has 0 aliphatic carbocycles. The topological polar surface area (TPSA) is 78.9 Å². The van der Waals surface area contributed by atoms with E-state index < -0.39 is 6.10 Å². The van der Waals surface area contributed by atoms with Crippen molar-refractivity contribution in [1.82, 2.24) is 0 Å². The summed E-state index contributed by atoms with van der Waals surface area (Å²) in [5.74, 6) is 1.57. The summed E-state index contributed by atoms with van der Waals surface area (Å²) in [4.78, 5) is 37.7. The molecule has 0 spiro atoms. The molecule has 0 radical (unpaired) electrons. The van der Waals surface area contributed by atoms with Crippen molar-refractivity contribution in [2.75, 3.05) is 13.2 Å². The number of hydrogen-bond acceptors (Lipinski definition) is 6. The molecule has 0 aromatic carbocycles. The van der Waals surface area contributed by atoms with Crippen molar-refractivity contribution < 1.29 is 28.6 Å². The SMILES string of the molecule is CCC(C)CCCCCCCCC(=O)OC[C@@H](COC(=O)CCCCCCCCC(C)C)OC(=O)CCCCCCCCCCCCCCCCCCC(C)C. The zero-order chi connectivity index (χ0) is 41.3. The van der Waals surface area contributed by atoms with Crippen molar-refractivity contribution in [3.05, 3.63) is 0 Å². The van der Waals surface area contributed by atoms with Crippen LogP contribution in [0.5, 0.6) is 0 Å². The lowest BCUT2D eigenvalue weighted by atomic mass is 10.00. The highest BCUT2D eigenvalue weighted by Crippen LogP contribution is 2.18. The smallest absolute Gasteiger partial charge is 0.306 e. The van der Waals surface area contributed by atoms with Crippen LogP contribution in [0.4, 0.5) is 0 Å². The predicted octanol–water partition coefficient (Wildman–Crippen LogP) is 15.6. The molecule has 0 aromatic rings. The first-order valence-electron chi connectivity index (χ1n) is 24.6. The van der Waals surface area contributed by atoms with E-state index in [4.69, 9.17) is 14.2 Å². The molecule has 0 heterocycles. The summed E-state index contributed by atoms with van der Waals surface area (Å²) in [6.07, 6.45) is 39.7. The molecule has 0 amide bonds. The largest absolute Gasteiger partial charge is 0.462 e. The molecule has 0 aliphatic rings. The second kappa shape index (κ2) is 41.6. The van der Waals surface area contributed by atoms with Gasteiger partial charge >= 0.3 is 17.9 Å². The Morgan fingerprint density at radius 2 is 0.625 bits per heavy atom. The van der Waals surface area contributed by atoms with Gasteiger partial charge in [-0.2, -0.15) is 0 Å². The Hall–Kier alpha value is -1.59. The van der Waals surface area contributed by atoms with Crippen LogP contribution in [0.1, 0.15) is 266 Å². The number of unbranched alkanes of at least 4 members (excludes halogenated alkanes) is 25. The van der Waals surface area contributed by atoms with E-state index in [1.807, 2.05) is 0 Å². The molecule has 0 fully saturated rings. The average molecular weight is 793 g/mol. The monoisotopic (exact) mass is 793 g/mol. The van der Waals surface area contributed by atoms with Crippen molar-refractivity contribution in [1.29, 1.82) is 0 Å². The summed E-state index contributed by atoms with van der Waals surface area (Å²) in [5, 5.41) is 0. The second-order valence-electron chi connectivity index (χ2n) is 18.3. The lowest BCUT2D eigenvalue weighted by Gasteiger charge is -2.18. The van der Waals surface area contributed by atoms with Crippen LogP contribution in [0, 0.1) is 17.8 Å². The van der Waals surface area contributed by atoms with Crippen LogP contribution in [0.2, 0.25) is 0 Å². The molecule has 1 unspecified atom stereocenters. The summed E-state index contributed by atoms with van der Waals surface area (Å²) in [6, 6.07) is 0. The van der Waals surface area contributed by atoms with Crippen LogP contribution < -0.4 is 0 Å². The molecule has 0 N–H and O–H groups in total.